The van der Waals surface area contributed by atoms with Crippen LogP contribution >= 0.6 is 27.5 Å². The molecule has 0 aromatic heterocycles. The second-order valence-corrected chi connectivity index (χ2v) is 7.42. The molecule has 0 spiro atoms. The van der Waals surface area contributed by atoms with Crippen molar-refractivity contribution in [2.24, 2.45) is 5.14 Å². The number of sulfonamides is 1. The molecule has 0 unspecified atom stereocenters. The Morgan fingerprint density at radius 3 is 2.67 bits per heavy atom. The molecular formula is C12H16BrClN2O4S. The quantitative estimate of drug-likeness (QED) is 0.810. The number of ether oxygens (including phenoxy) is 2. The van der Waals surface area contributed by atoms with Gasteiger partial charge in [-0.3, -0.25) is 4.90 Å². The third kappa shape index (κ3) is 4.80. The highest BCUT2D eigenvalue weighted by Gasteiger charge is 2.20. The number of nitrogens with two attached hydrogens (primary N) is 1. The summed E-state index contributed by atoms with van der Waals surface area (Å²) in [5.41, 5.74) is 0. The van der Waals surface area contributed by atoms with E-state index < -0.39 is 10.0 Å². The van der Waals surface area contributed by atoms with E-state index in [9.17, 15) is 8.42 Å². The van der Waals surface area contributed by atoms with Crippen molar-refractivity contribution in [3.05, 3.63) is 21.6 Å². The van der Waals surface area contributed by atoms with E-state index in [0.29, 0.717) is 30.8 Å². The number of morpholine rings is 1. The Bertz CT molecular complexity index is 606. The number of nitrogens with zero attached hydrogens (tertiary/aromatic N) is 1. The Kier molecular flexibility index (Phi) is 5.87. The predicted molar refractivity (Wildman–Crippen MR) is 83.3 cm³/mol. The average molecular weight is 400 g/mol. The minimum atomic E-state index is -3.91. The Balaban J connectivity index is 2.08. The molecule has 0 amide bonds. The number of primary sulfonamides is 1. The summed E-state index contributed by atoms with van der Waals surface area (Å²) >= 11 is 9.24. The molecule has 0 radical (unpaired) electrons. The summed E-state index contributed by atoms with van der Waals surface area (Å²) in [7, 11) is -3.91. The van der Waals surface area contributed by atoms with Gasteiger partial charge in [0.15, 0.2) is 5.75 Å². The van der Waals surface area contributed by atoms with Crippen molar-refractivity contribution in [3.63, 3.8) is 0 Å². The van der Waals surface area contributed by atoms with Crippen LogP contribution in [0.25, 0.3) is 0 Å². The molecule has 1 aliphatic rings. The van der Waals surface area contributed by atoms with Crippen molar-refractivity contribution in [1.29, 1.82) is 0 Å². The second-order valence-electron chi connectivity index (χ2n) is 4.56. The first kappa shape index (κ1) is 17.0. The molecule has 1 aromatic rings. The molecular weight excluding hydrogens is 384 g/mol. The molecule has 1 fully saturated rings. The first-order valence-corrected chi connectivity index (χ1v) is 9.04. The van der Waals surface area contributed by atoms with Crippen LogP contribution in [0.4, 0.5) is 0 Å². The first-order valence-electron chi connectivity index (χ1n) is 6.32. The van der Waals surface area contributed by atoms with Crippen molar-refractivity contribution >= 4 is 37.6 Å². The molecule has 2 rings (SSSR count). The maximum absolute atomic E-state index is 11.6. The van der Waals surface area contributed by atoms with Crippen LogP contribution in [0, 0.1) is 0 Å². The van der Waals surface area contributed by atoms with Gasteiger partial charge in [0.1, 0.15) is 11.5 Å². The van der Waals surface area contributed by atoms with E-state index >= 15 is 0 Å². The minimum absolute atomic E-state index is 0.0932. The van der Waals surface area contributed by atoms with Crippen LogP contribution in [0.2, 0.25) is 5.02 Å². The van der Waals surface area contributed by atoms with Crippen LogP contribution in [-0.2, 0) is 14.8 Å². The molecule has 6 nitrogen and oxygen atoms in total. The standard InChI is InChI=1S/C12H16BrClN2O4S/c13-9-7-10(14)12(11(8-9)21(15,17)18)20-6-3-16-1-4-19-5-2-16/h7-8H,1-6H2,(H2,15,17,18). The monoisotopic (exact) mass is 398 g/mol. The SMILES string of the molecule is NS(=O)(=O)c1cc(Br)cc(Cl)c1OCCN1CCOCC1. The zero-order valence-electron chi connectivity index (χ0n) is 11.2. The Hall–Kier alpha value is -0.380. The fraction of sp³-hybridized carbons (Fsp3) is 0.500. The van der Waals surface area contributed by atoms with Gasteiger partial charge in [0.2, 0.25) is 10.0 Å². The first-order chi connectivity index (χ1) is 9.88. The smallest absolute Gasteiger partial charge is 0.241 e. The lowest BCUT2D eigenvalue weighted by Crippen LogP contribution is -2.38. The summed E-state index contributed by atoms with van der Waals surface area (Å²) in [6.07, 6.45) is 0. The van der Waals surface area contributed by atoms with Crippen molar-refractivity contribution in [1.82, 2.24) is 4.90 Å². The van der Waals surface area contributed by atoms with Gasteiger partial charge in [-0.25, -0.2) is 13.6 Å². The number of rotatable bonds is 5. The molecule has 1 aromatic carbocycles. The van der Waals surface area contributed by atoms with Crippen molar-refractivity contribution in [3.8, 4) is 5.75 Å². The Morgan fingerprint density at radius 1 is 1.38 bits per heavy atom. The highest BCUT2D eigenvalue weighted by Crippen LogP contribution is 2.34. The zero-order valence-corrected chi connectivity index (χ0v) is 14.4. The van der Waals surface area contributed by atoms with Gasteiger partial charge in [0.05, 0.1) is 18.2 Å². The molecule has 1 saturated heterocycles. The lowest BCUT2D eigenvalue weighted by molar-refractivity contribution is 0.0321. The molecule has 0 atom stereocenters. The molecule has 9 heteroatoms. The molecule has 1 heterocycles. The highest BCUT2D eigenvalue weighted by atomic mass is 79.9. The third-order valence-electron chi connectivity index (χ3n) is 3.04. The lowest BCUT2D eigenvalue weighted by Gasteiger charge is -2.26. The van der Waals surface area contributed by atoms with E-state index in [1.165, 1.54) is 6.07 Å². The van der Waals surface area contributed by atoms with E-state index in [1.54, 1.807) is 6.07 Å². The van der Waals surface area contributed by atoms with Crippen molar-refractivity contribution in [2.45, 2.75) is 4.90 Å². The van der Waals surface area contributed by atoms with Gasteiger partial charge in [-0.1, -0.05) is 27.5 Å². The topological polar surface area (TPSA) is 81.9 Å². The van der Waals surface area contributed by atoms with Crippen LogP contribution in [0.5, 0.6) is 5.75 Å². The third-order valence-corrected chi connectivity index (χ3v) is 4.69. The normalized spacial score (nSPS) is 16.9. The van der Waals surface area contributed by atoms with Gasteiger partial charge < -0.3 is 9.47 Å². The van der Waals surface area contributed by atoms with Crippen LogP contribution in [0.15, 0.2) is 21.5 Å². The van der Waals surface area contributed by atoms with Gasteiger partial charge in [-0.15, -0.1) is 0 Å². The molecule has 2 N–H and O–H groups in total. The summed E-state index contributed by atoms with van der Waals surface area (Å²) in [6, 6.07) is 2.95. The van der Waals surface area contributed by atoms with Crippen LogP contribution in [-0.4, -0.2) is 52.8 Å². The molecule has 1 aliphatic heterocycles. The molecule has 118 valence electrons. The highest BCUT2D eigenvalue weighted by molar-refractivity contribution is 9.10. The average Bonchev–Trinajstić information content (AvgIpc) is 2.41. The van der Waals surface area contributed by atoms with E-state index in [1.807, 2.05) is 0 Å². The molecule has 0 aliphatic carbocycles. The van der Waals surface area contributed by atoms with E-state index in [0.717, 1.165) is 13.1 Å². The van der Waals surface area contributed by atoms with Gasteiger partial charge in [-0.05, 0) is 12.1 Å². The maximum atomic E-state index is 11.6. The molecule has 0 saturated carbocycles. The molecule has 0 bridgehead atoms. The Labute approximate surface area is 137 Å². The van der Waals surface area contributed by atoms with Crippen molar-refractivity contribution in [2.75, 3.05) is 39.5 Å². The van der Waals surface area contributed by atoms with Gasteiger partial charge in [-0.2, -0.15) is 0 Å². The minimum Gasteiger partial charge on any atom is -0.489 e. The van der Waals surface area contributed by atoms with Crippen LogP contribution in [0.1, 0.15) is 0 Å². The number of halogens is 2. The second kappa shape index (κ2) is 7.26. The van der Waals surface area contributed by atoms with Crippen LogP contribution < -0.4 is 9.88 Å². The zero-order chi connectivity index (χ0) is 15.5. The molecule has 21 heavy (non-hydrogen) atoms. The summed E-state index contributed by atoms with van der Waals surface area (Å²) in [5.74, 6) is 0.0932. The summed E-state index contributed by atoms with van der Waals surface area (Å²) < 4.78 is 34.6. The number of hydrogen-bond acceptors (Lipinski definition) is 5. The number of hydrogen-bond donors (Lipinski definition) is 1. The fourth-order valence-corrected chi connectivity index (χ4v) is 3.78. The Morgan fingerprint density at radius 2 is 2.05 bits per heavy atom. The van der Waals surface area contributed by atoms with E-state index in [-0.39, 0.29) is 15.7 Å². The van der Waals surface area contributed by atoms with Gasteiger partial charge in [0.25, 0.3) is 0 Å². The lowest BCUT2D eigenvalue weighted by atomic mass is 10.3. The summed E-state index contributed by atoms with van der Waals surface area (Å²) in [5, 5.41) is 5.40. The van der Waals surface area contributed by atoms with Crippen molar-refractivity contribution < 1.29 is 17.9 Å². The summed E-state index contributed by atoms with van der Waals surface area (Å²) in [4.78, 5) is 2.05. The van der Waals surface area contributed by atoms with Gasteiger partial charge in [0, 0.05) is 24.1 Å². The maximum Gasteiger partial charge on any atom is 0.241 e. The van der Waals surface area contributed by atoms with E-state index in [4.69, 9.17) is 26.2 Å². The number of benzene rings is 1. The van der Waals surface area contributed by atoms with E-state index in [2.05, 4.69) is 20.8 Å². The largest absolute Gasteiger partial charge is 0.489 e. The summed E-state index contributed by atoms with van der Waals surface area (Å²) in [6.45, 7) is 4.05. The fourth-order valence-electron chi connectivity index (χ4n) is 1.99. The predicted octanol–water partition coefficient (Wildman–Crippen LogP) is 1.46. The van der Waals surface area contributed by atoms with Gasteiger partial charge >= 0.3 is 0 Å². The van der Waals surface area contributed by atoms with Crippen LogP contribution in [0.3, 0.4) is 0 Å².